The highest BCUT2D eigenvalue weighted by atomic mass is 19.4. The fourth-order valence-electron chi connectivity index (χ4n) is 1.98. The van der Waals surface area contributed by atoms with E-state index in [2.05, 4.69) is 16.0 Å². The maximum absolute atomic E-state index is 12.6. The Bertz CT molecular complexity index is 795. The molecule has 2 aromatic carbocycles. The molecule has 1 radical (unpaired) electrons. The summed E-state index contributed by atoms with van der Waals surface area (Å²) in [7, 11) is 0. The van der Waals surface area contributed by atoms with Gasteiger partial charge in [-0.1, -0.05) is 24.3 Å². The Morgan fingerprint density at radius 2 is 1.71 bits per heavy atom. The number of halogens is 3. The molecule has 0 saturated carbocycles. The summed E-state index contributed by atoms with van der Waals surface area (Å²) < 4.78 is 37.7. The van der Waals surface area contributed by atoms with Gasteiger partial charge in [-0.3, -0.25) is 0 Å². The van der Waals surface area contributed by atoms with Crippen LogP contribution in [0.1, 0.15) is 5.56 Å². The Morgan fingerprint density at radius 3 is 2.38 bits per heavy atom. The summed E-state index contributed by atoms with van der Waals surface area (Å²) in [6.07, 6.45) is -4.37. The average Bonchev–Trinajstić information content (AvgIpc) is 2.46. The van der Waals surface area contributed by atoms with Gasteiger partial charge in [0.2, 0.25) is 0 Å². The molecular formula is C15H9F3N3. The Kier molecular flexibility index (Phi) is 3.01. The lowest BCUT2D eigenvalue weighted by atomic mass is 10.1. The molecule has 1 aromatic heterocycles. The minimum absolute atomic E-state index is 0.157. The van der Waals surface area contributed by atoms with Gasteiger partial charge in [0.25, 0.3) is 0 Å². The standard InChI is InChI=1S/C15H9F3N3/c16-15(17,18)10-7-5-9(6-8-10)13-14(19)21-12-4-2-1-3-11(12)20-13/h1-3,5-8H,(H2,19,21). The minimum Gasteiger partial charge on any atom is -0.382 e. The number of nitrogens with two attached hydrogens (primary N) is 1. The van der Waals surface area contributed by atoms with Crippen molar-refractivity contribution in [2.45, 2.75) is 6.18 Å². The number of nitrogens with zero attached hydrogens (tertiary/aromatic N) is 2. The van der Waals surface area contributed by atoms with Crippen LogP contribution in [-0.2, 0) is 6.18 Å². The molecule has 0 unspecified atom stereocenters. The van der Waals surface area contributed by atoms with E-state index in [4.69, 9.17) is 5.73 Å². The maximum atomic E-state index is 12.6. The van der Waals surface area contributed by atoms with E-state index in [9.17, 15) is 13.2 Å². The second-order valence-electron chi connectivity index (χ2n) is 4.44. The summed E-state index contributed by atoms with van der Waals surface area (Å²) in [6.45, 7) is 0. The second-order valence-corrected chi connectivity index (χ2v) is 4.44. The van der Waals surface area contributed by atoms with E-state index in [1.165, 1.54) is 12.1 Å². The first kappa shape index (κ1) is 13.4. The topological polar surface area (TPSA) is 51.8 Å². The van der Waals surface area contributed by atoms with Crippen LogP contribution in [-0.4, -0.2) is 9.97 Å². The first-order chi connectivity index (χ1) is 9.95. The first-order valence-electron chi connectivity index (χ1n) is 6.07. The molecule has 0 saturated heterocycles. The summed E-state index contributed by atoms with van der Waals surface area (Å²) in [5.74, 6) is 0.157. The number of anilines is 1. The van der Waals surface area contributed by atoms with Crippen molar-refractivity contribution >= 4 is 16.9 Å². The zero-order chi connectivity index (χ0) is 15.0. The maximum Gasteiger partial charge on any atom is 0.416 e. The summed E-state index contributed by atoms with van der Waals surface area (Å²) in [6, 6.07) is 12.7. The Hall–Kier alpha value is -2.63. The molecule has 3 rings (SSSR count). The van der Waals surface area contributed by atoms with Crippen molar-refractivity contribution in [1.82, 2.24) is 9.97 Å². The third kappa shape index (κ3) is 2.52. The summed E-state index contributed by atoms with van der Waals surface area (Å²) in [4.78, 5) is 8.50. The highest BCUT2D eigenvalue weighted by molar-refractivity contribution is 5.81. The number of fused-ring (bicyclic) bond motifs is 1. The van der Waals surface area contributed by atoms with Gasteiger partial charge in [0.1, 0.15) is 5.69 Å². The SMILES string of the molecule is Nc1nc2[c]cccc2nc1-c1ccc(C(F)(F)F)cc1. The lowest BCUT2D eigenvalue weighted by molar-refractivity contribution is -0.137. The lowest BCUT2D eigenvalue weighted by Crippen LogP contribution is -2.04. The molecule has 0 fully saturated rings. The van der Waals surface area contributed by atoms with Crippen LogP contribution in [0.4, 0.5) is 19.0 Å². The van der Waals surface area contributed by atoms with Gasteiger partial charge in [-0.2, -0.15) is 13.2 Å². The Labute approximate surface area is 118 Å². The molecular weight excluding hydrogens is 279 g/mol. The van der Waals surface area contributed by atoms with Crippen molar-refractivity contribution < 1.29 is 13.2 Å². The molecule has 3 nitrogen and oxygen atoms in total. The molecule has 3 aromatic rings. The molecule has 1 heterocycles. The third-order valence-electron chi connectivity index (χ3n) is 3.01. The van der Waals surface area contributed by atoms with E-state index in [1.54, 1.807) is 18.2 Å². The van der Waals surface area contributed by atoms with Gasteiger partial charge in [-0.25, -0.2) is 9.97 Å². The third-order valence-corrected chi connectivity index (χ3v) is 3.01. The van der Waals surface area contributed by atoms with Crippen molar-refractivity contribution in [3.05, 3.63) is 54.1 Å². The molecule has 6 heteroatoms. The van der Waals surface area contributed by atoms with E-state index in [1.807, 2.05) is 0 Å². The van der Waals surface area contributed by atoms with Crippen LogP contribution in [0.2, 0.25) is 0 Å². The number of alkyl halides is 3. The lowest BCUT2D eigenvalue weighted by Gasteiger charge is -2.09. The monoisotopic (exact) mass is 288 g/mol. The summed E-state index contributed by atoms with van der Waals surface area (Å²) >= 11 is 0. The zero-order valence-corrected chi connectivity index (χ0v) is 10.6. The Morgan fingerprint density at radius 1 is 1.00 bits per heavy atom. The van der Waals surface area contributed by atoms with E-state index < -0.39 is 11.7 Å². The van der Waals surface area contributed by atoms with E-state index in [0.29, 0.717) is 22.3 Å². The van der Waals surface area contributed by atoms with Gasteiger partial charge < -0.3 is 5.73 Å². The second kappa shape index (κ2) is 4.73. The number of rotatable bonds is 1. The van der Waals surface area contributed by atoms with Crippen LogP contribution in [0, 0.1) is 6.07 Å². The van der Waals surface area contributed by atoms with Crippen LogP contribution in [0.25, 0.3) is 22.3 Å². The predicted molar refractivity (Wildman–Crippen MR) is 73.2 cm³/mol. The number of nitrogen functional groups attached to an aromatic ring is 1. The molecule has 105 valence electrons. The largest absolute Gasteiger partial charge is 0.416 e. The number of hydrogen-bond acceptors (Lipinski definition) is 3. The van der Waals surface area contributed by atoms with Gasteiger partial charge in [0.15, 0.2) is 5.82 Å². The first-order valence-corrected chi connectivity index (χ1v) is 6.07. The summed E-state index contributed by atoms with van der Waals surface area (Å²) in [5.41, 5.74) is 7.06. The number of benzene rings is 2. The van der Waals surface area contributed by atoms with Crippen LogP contribution in [0.5, 0.6) is 0 Å². The molecule has 0 amide bonds. The van der Waals surface area contributed by atoms with Gasteiger partial charge in [-0.05, 0) is 18.2 Å². The minimum atomic E-state index is -4.37. The van der Waals surface area contributed by atoms with E-state index in [0.717, 1.165) is 12.1 Å². The van der Waals surface area contributed by atoms with Gasteiger partial charge >= 0.3 is 6.18 Å². The van der Waals surface area contributed by atoms with Crippen LogP contribution in [0.15, 0.2) is 42.5 Å². The molecule has 21 heavy (non-hydrogen) atoms. The molecule has 2 N–H and O–H groups in total. The molecule has 0 aliphatic heterocycles. The molecule has 0 atom stereocenters. The zero-order valence-electron chi connectivity index (χ0n) is 10.6. The molecule has 0 aliphatic rings. The van der Waals surface area contributed by atoms with Crippen molar-refractivity contribution in [3.8, 4) is 11.3 Å². The highest BCUT2D eigenvalue weighted by Crippen LogP contribution is 2.31. The fourth-order valence-corrected chi connectivity index (χ4v) is 1.98. The molecule has 0 aliphatic carbocycles. The number of hydrogen-bond donors (Lipinski definition) is 1. The molecule has 0 spiro atoms. The average molecular weight is 288 g/mol. The van der Waals surface area contributed by atoms with Crippen molar-refractivity contribution in [1.29, 1.82) is 0 Å². The number of para-hydroxylation sites is 1. The smallest absolute Gasteiger partial charge is 0.382 e. The van der Waals surface area contributed by atoms with Gasteiger partial charge in [-0.15, -0.1) is 0 Å². The highest BCUT2D eigenvalue weighted by Gasteiger charge is 2.30. The summed E-state index contributed by atoms with van der Waals surface area (Å²) in [5, 5.41) is 0. The van der Waals surface area contributed by atoms with Gasteiger partial charge in [0.05, 0.1) is 16.6 Å². The quantitative estimate of drug-likeness (QED) is 0.743. The van der Waals surface area contributed by atoms with Gasteiger partial charge in [0, 0.05) is 11.6 Å². The van der Waals surface area contributed by atoms with Crippen molar-refractivity contribution in [3.63, 3.8) is 0 Å². The molecule has 0 bridgehead atoms. The predicted octanol–water partition coefficient (Wildman–Crippen LogP) is 3.70. The van der Waals surface area contributed by atoms with E-state index >= 15 is 0 Å². The Balaban J connectivity index is 2.09. The fraction of sp³-hybridized carbons (Fsp3) is 0.0667. The van der Waals surface area contributed by atoms with Crippen LogP contribution in [0.3, 0.4) is 0 Å². The van der Waals surface area contributed by atoms with Crippen LogP contribution < -0.4 is 5.73 Å². The number of aromatic nitrogens is 2. The van der Waals surface area contributed by atoms with Crippen LogP contribution >= 0.6 is 0 Å². The normalized spacial score (nSPS) is 11.8. The van der Waals surface area contributed by atoms with Crippen molar-refractivity contribution in [2.24, 2.45) is 0 Å². The van der Waals surface area contributed by atoms with Crippen molar-refractivity contribution in [2.75, 3.05) is 5.73 Å². The van der Waals surface area contributed by atoms with E-state index in [-0.39, 0.29) is 5.82 Å².